The molecule has 0 heterocycles. The summed E-state index contributed by atoms with van der Waals surface area (Å²) < 4.78 is 0. The maximum Gasteiger partial charge on any atom is 0.222 e. The lowest BCUT2D eigenvalue weighted by atomic mass is 9.75. The van der Waals surface area contributed by atoms with Crippen molar-refractivity contribution in [2.45, 2.75) is 38.1 Å². The van der Waals surface area contributed by atoms with Gasteiger partial charge in [-0.2, -0.15) is 0 Å². The van der Waals surface area contributed by atoms with E-state index in [1.54, 1.807) is 0 Å². The van der Waals surface area contributed by atoms with Crippen molar-refractivity contribution in [2.24, 2.45) is 11.7 Å². The van der Waals surface area contributed by atoms with Crippen LogP contribution in [0.3, 0.4) is 0 Å². The summed E-state index contributed by atoms with van der Waals surface area (Å²) >= 11 is 0. The van der Waals surface area contributed by atoms with E-state index in [1.807, 2.05) is 18.9 Å². The largest absolute Gasteiger partial charge is 0.344 e. The lowest BCUT2D eigenvalue weighted by molar-refractivity contribution is -0.133. The van der Waals surface area contributed by atoms with Crippen molar-refractivity contribution in [3.05, 3.63) is 0 Å². The van der Waals surface area contributed by atoms with Gasteiger partial charge in [-0.1, -0.05) is 6.92 Å². The van der Waals surface area contributed by atoms with Crippen molar-refractivity contribution in [3.8, 4) is 0 Å². The monoisotopic (exact) mass is 241 g/mol. The number of hydrogen-bond acceptors (Lipinski definition) is 3. The van der Waals surface area contributed by atoms with Crippen LogP contribution < -0.4 is 5.73 Å². The summed E-state index contributed by atoms with van der Waals surface area (Å²) in [5, 5.41) is 0. The highest BCUT2D eigenvalue weighted by molar-refractivity contribution is 5.76. The van der Waals surface area contributed by atoms with E-state index < -0.39 is 0 Å². The highest BCUT2D eigenvalue weighted by Crippen LogP contribution is 2.36. The van der Waals surface area contributed by atoms with Crippen LogP contribution >= 0.6 is 0 Å². The van der Waals surface area contributed by atoms with Crippen LogP contribution in [0, 0.1) is 5.92 Å². The summed E-state index contributed by atoms with van der Waals surface area (Å²) in [5.74, 6) is 0.498. The summed E-state index contributed by atoms with van der Waals surface area (Å²) in [6.45, 7) is 3.45. The fourth-order valence-corrected chi connectivity index (χ4v) is 2.40. The average Bonchev–Trinajstić information content (AvgIpc) is 2.22. The first kappa shape index (κ1) is 14.5. The molecule has 1 fully saturated rings. The molecule has 0 aromatic carbocycles. The molecule has 0 saturated heterocycles. The van der Waals surface area contributed by atoms with Gasteiger partial charge in [-0.3, -0.25) is 4.79 Å². The smallest absolute Gasteiger partial charge is 0.222 e. The molecule has 0 spiro atoms. The van der Waals surface area contributed by atoms with E-state index in [1.165, 1.54) is 19.3 Å². The second-order valence-electron chi connectivity index (χ2n) is 5.77. The minimum absolute atomic E-state index is 0.219. The van der Waals surface area contributed by atoms with Crippen LogP contribution in [0.2, 0.25) is 0 Å². The van der Waals surface area contributed by atoms with Crippen LogP contribution in [-0.2, 0) is 4.79 Å². The van der Waals surface area contributed by atoms with Crippen LogP contribution in [0.15, 0.2) is 0 Å². The van der Waals surface area contributed by atoms with Crippen LogP contribution in [0.4, 0.5) is 0 Å². The van der Waals surface area contributed by atoms with Crippen LogP contribution in [0.5, 0.6) is 0 Å². The van der Waals surface area contributed by atoms with Crippen LogP contribution in [0.25, 0.3) is 0 Å². The SMILES string of the molecule is CC(CN)CC(=O)N(C)CC1(N(C)C)CCC1. The fourth-order valence-electron chi connectivity index (χ4n) is 2.40. The summed E-state index contributed by atoms with van der Waals surface area (Å²) in [6, 6.07) is 0. The van der Waals surface area contributed by atoms with Crippen molar-refractivity contribution in [2.75, 3.05) is 34.2 Å². The molecule has 1 aliphatic rings. The number of likely N-dealkylation sites (N-methyl/N-ethyl adjacent to an activating group) is 2. The highest BCUT2D eigenvalue weighted by atomic mass is 16.2. The molecule has 1 amide bonds. The first-order valence-electron chi connectivity index (χ1n) is 6.53. The van der Waals surface area contributed by atoms with Crippen molar-refractivity contribution >= 4 is 5.91 Å². The molecule has 0 aromatic heterocycles. The standard InChI is InChI=1S/C13H27N3O/c1-11(9-14)8-12(17)16(4)10-13(15(2)3)6-5-7-13/h11H,5-10,14H2,1-4H3. The normalized spacial score (nSPS) is 19.9. The van der Waals surface area contributed by atoms with Gasteiger partial charge in [0.15, 0.2) is 0 Å². The molecule has 1 atom stereocenters. The van der Waals surface area contributed by atoms with E-state index in [0.717, 1.165) is 6.54 Å². The predicted octanol–water partition coefficient (Wildman–Crippen LogP) is 0.914. The van der Waals surface area contributed by atoms with Gasteiger partial charge in [-0.15, -0.1) is 0 Å². The van der Waals surface area contributed by atoms with E-state index in [2.05, 4.69) is 19.0 Å². The van der Waals surface area contributed by atoms with Gasteiger partial charge in [0.2, 0.25) is 5.91 Å². The zero-order valence-electron chi connectivity index (χ0n) is 11.7. The molecule has 4 nitrogen and oxygen atoms in total. The van der Waals surface area contributed by atoms with Crippen LogP contribution in [0.1, 0.15) is 32.6 Å². The molecule has 17 heavy (non-hydrogen) atoms. The summed E-state index contributed by atoms with van der Waals surface area (Å²) in [7, 11) is 6.13. The molecule has 0 aromatic rings. The lowest BCUT2D eigenvalue weighted by Gasteiger charge is -2.49. The van der Waals surface area contributed by atoms with Crippen molar-refractivity contribution in [1.82, 2.24) is 9.80 Å². The van der Waals surface area contributed by atoms with Crippen LogP contribution in [-0.4, -0.2) is 55.5 Å². The van der Waals surface area contributed by atoms with Gasteiger partial charge in [0.05, 0.1) is 0 Å². The maximum absolute atomic E-state index is 12.0. The maximum atomic E-state index is 12.0. The van der Waals surface area contributed by atoms with E-state index in [9.17, 15) is 4.79 Å². The Labute approximate surface area is 105 Å². The summed E-state index contributed by atoms with van der Waals surface area (Å²) in [5.41, 5.74) is 5.77. The molecule has 1 rings (SSSR count). The zero-order valence-corrected chi connectivity index (χ0v) is 11.7. The van der Waals surface area contributed by atoms with Gasteiger partial charge in [-0.05, 0) is 45.8 Å². The number of amides is 1. The Bertz CT molecular complexity index is 261. The second-order valence-corrected chi connectivity index (χ2v) is 5.77. The first-order valence-corrected chi connectivity index (χ1v) is 6.53. The van der Waals surface area contributed by atoms with Gasteiger partial charge in [0.1, 0.15) is 0 Å². The zero-order chi connectivity index (χ0) is 13.1. The third-order valence-electron chi connectivity index (χ3n) is 4.12. The number of rotatable bonds is 6. The van der Waals surface area contributed by atoms with Gasteiger partial charge >= 0.3 is 0 Å². The second kappa shape index (κ2) is 5.83. The molecule has 0 bridgehead atoms. The fraction of sp³-hybridized carbons (Fsp3) is 0.923. The molecule has 4 heteroatoms. The number of carbonyl (C=O) groups excluding carboxylic acids is 1. The summed E-state index contributed by atoms with van der Waals surface area (Å²) in [6.07, 6.45) is 4.24. The molecule has 0 radical (unpaired) electrons. The minimum Gasteiger partial charge on any atom is -0.344 e. The first-order chi connectivity index (χ1) is 7.91. The highest BCUT2D eigenvalue weighted by Gasteiger charge is 2.40. The third kappa shape index (κ3) is 3.42. The Kier molecular flexibility index (Phi) is 4.95. The van der Waals surface area contributed by atoms with Gasteiger partial charge in [0, 0.05) is 25.6 Å². The Morgan fingerprint density at radius 2 is 1.94 bits per heavy atom. The molecule has 100 valence electrons. The molecule has 1 saturated carbocycles. The van der Waals surface area contributed by atoms with E-state index >= 15 is 0 Å². The van der Waals surface area contributed by atoms with E-state index in [0.29, 0.717) is 13.0 Å². The van der Waals surface area contributed by atoms with Crippen molar-refractivity contribution in [3.63, 3.8) is 0 Å². The van der Waals surface area contributed by atoms with Crippen molar-refractivity contribution in [1.29, 1.82) is 0 Å². The molecule has 2 N–H and O–H groups in total. The Morgan fingerprint density at radius 3 is 2.29 bits per heavy atom. The van der Waals surface area contributed by atoms with Gasteiger partial charge < -0.3 is 15.5 Å². The Hall–Kier alpha value is -0.610. The van der Waals surface area contributed by atoms with E-state index in [-0.39, 0.29) is 17.4 Å². The molecule has 0 aliphatic heterocycles. The molecular formula is C13H27N3O. The quantitative estimate of drug-likeness (QED) is 0.752. The minimum atomic E-state index is 0.219. The van der Waals surface area contributed by atoms with Gasteiger partial charge in [-0.25, -0.2) is 0 Å². The average molecular weight is 241 g/mol. The topological polar surface area (TPSA) is 49.6 Å². The van der Waals surface area contributed by atoms with Gasteiger partial charge in [0.25, 0.3) is 0 Å². The lowest BCUT2D eigenvalue weighted by Crippen LogP contribution is -2.57. The predicted molar refractivity (Wildman–Crippen MR) is 70.7 cm³/mol. The molecule has 1 aliphatic carbocycles. The number of nitrogens with zero attached hydrogens (tertiary/aromatic N) is 2. The van der Waals surface area contributed by atoms with E-state index in [4.69, 9.17) is 5.73 Å². The number of nitrogens with two attached hydrogens (primary N) is 1. The Morgan fingerprint density at radius 1 is 1.35 bits per heavy atom. The molecule has 1 unspecified atom stereocenters. The van der Waals surface area contributed by atoms with Crippen molar-refractivity contribution < 1.29 is 4.79 Å². The summed E-state index contributed by atoms with van der Waals surface area (Å²) in [4.78, 5) is 16.2. The molecular weight excluding hydrogens is 214 g/mol. The number of carbonyl (C=O) groups is 1. The Balaban J connectivity index is 2.47. The number of hydrogen-bond donors (Lipinski definition) is 1. The third-order valence-corrected chi connectivity index (χ3v) is 4.12.